The van der Waals surface area contributed by atoms with E-state index in [0.717, 1.165) is 0 Å². The minimum absolute atomic E-state index is 0.0405. The van der Waals surface area contributed by atoms with Gasteiger partial charge in [0, 0.05) is 6.04 Å². The third kappa shape index (κ3) is 1.43. The molecule has 1 rings (SSSR count). The average molecular weight is 117 g/mol. The first kappa shape index (κ1) is 6.01. The van der Waals surface area contributed by atoms with E-state index in [4.69, 9.17) is 15.6 Å². The minimum atomic E-state index is -0.334. The van der Waals surface area contributed by atoms with Crippen molar-refractivity contribution in [3.63, 3.8) is 0 Å². The summed E-state index contributed by atoms with van der Waals surface area (Å²) in [7, 11) is 0. The van der Waals surface area contributed by atoms with E-state index in [9.17, 15) is 0 Å². The molecule has 0 aromatic rings. The van der Waals surface area contributed by atoms with Gasteiger partial charge in [0.2, 0.25) is 0 Å². The molecule has 0 aromatic carbocycles. The summed E-state index contributed by atoms with van der Waals surface area (Å²) in [5, 5.41) is 8.87. The first-order chi connectivity index (χ1) is 3.79. The van der Waals surface area contributed by atoms with Crippen LogP contribution in [0.1, 0.15) is 6.42 Å². The second-order valence-electron chi connectivity index (χ2n) is 2.19. The molecule has 0 radical (unpaired) electrons. The Morgan fingerprint density at radius 2 is 2.25 bits per heavy atom. The molecule has 1 saturated heterocycles. The Hall–Kier alpha value is -0.120. The molecule has 1 fully saturated rings. The van der Waals surface area contributed by atoms with Crippen molar-refractivity contribution in [1.82, 2.24) is 0 Å². The zero-order chi connectivity index (χ0) is 5.98. The summed E-state index contributed by atoms with van der Waals surface area (Å²) in [6, 6.07) is 0.0405. The molecule has 0 bridgehead atoms. The summed E-state index contributed by atoms with van der Waals surface area (Å²) < 4.78 is 4.92. The standard InChI is InChI=1S/C5H11NO2/c6-4-1-5(7)3-8-2-4/h4-5,7H,1-3,6H2/t4-,5-/m1/s1. The number of hydrogen-bond donors (Lipinski definition) is 2. The van der Waals surface area contributed by atoms with Gasteiger partial charge in [-0.1, -0.05) is 0 Å². The van der Waals surface area contributed by atoms with Crippen LogP contribution in [0.5, 0.6) is 0 Å². The van der Waals surface area contributed by atoms with Crippen LogP contribution < -0.4 is 5.73 Å². The normalized spacial score (nSPS) is 39.8. The van der Waals surface area contributed by atoms with E-state index in [1.165, 1.54) is 0 Å². The predicted molar refractivity (Wildman–Crippen MR) is 29.4 cm³/mol. The van der Waals surface area contributed by atoms with Crippen LogP contribution >= 0.6 is 0 Å². The second kappa shape index (κ2) is 2.44. The maximum Gasteiger partial charge on any atom is 0.0789 e. The van der Waals surface area contributed by atoms with E-state index in [2.05, 4.69) is 0 Å². The molecule has 0 amide bonds. The zero-order valence-electron chi connectivity index (χ0n) is 4.71. The Morgan fingerprint density at radius 3 is 2.62 bits per heavy atom. The highest BCUT2D eigenvalue weighted by Crippen LogP contribution is 2.03. The van der Waals surface area contributed by atoms with Crippen molar-refractivity contribution in [1.29, 1.82) is 0 Å². The van der Waals surface area contributed by atoms with Gasteiger partial charge in [0.1, 0.15) is 0 Å². The van der Waals surface area contributed by atoms with Gasteiger partial charge in [-0.05, 0) is 6.42 Å². The van der Waals surface area contributed by atoms with Crippen LogP contribution in [-0.2, 0) is 4.74 Å². The highest BCUT2D eigenvalue weighted by molar-refractivity contribution is 4.70. The molecule has 48 valence electrons. The largest absolute Gasteiger partial charge is 0.391 e. The summed E-state index contributed by atoms with van der Waals surface area (Å²) in [6.07, 6.45) is 0.346. The number of aliphatic hydroxyl groups is 1. The van der Waals surface area contributed by atoms with E-state index < -0.39 is 0 Å². The maximum atomic E-state index is 8.87. The van der Waals surface area contributed by atoms with Gasteiger partial charge in [0.25, 0.3) is 0 Å². The number of rotatable bonds is 0. The molecule has 1 heterocycles. The molecule has 0 spiro atoms. The molecular weight excluding hydrogens is 106 g/mol. The van der Waals surface area contributed by atoms with Crippen LogP contribution in [0.3, 0.4) is 0 Å². The Balaban J connectivity index is 2.23. The van der Waals surface area contributed by atoms with Crippen molar-refractivity contribution < 1.29 is 9.84 Å². The summed E-state index contributed by atoms with van der Waals surface area (Å²) in [6.45, 7) is 1.05. The molecule has 3 N–H and O–H groups in total. The molecule has 0 unspecified atom stereocenters. The molecule has 3 heteroatoms. The Kier molecular flexibility index (Phi) is 1.83. The lowest BCUT2D eigenvalue weighted by atomic mass is 10.1. The third-order valence-electron chi connectivity index (χ3n) is 1.22. The molecule has 0 saturated carbocycles. The van der Waals surface area contributed by atoms with Crippen LogP contribution in [0.15, 0.2) is 0 Å². The molecular formula is C5H11NO2. The zero-order valence-corrected chi connectivity index (χ0v) is 4.71. The monoisotopic (exact) mass is 117 g/mol. The maximum absolute atomic E-state index is 8.87. The highest BCUT2D eigenvalue weighted by atomic mass is 16.5. The van der Waals surface area contributed by atoms with Gasteiger partial charge in [-0.15, -0.1) is 0 Å². The summed E-state index contributed by atoms with van der Waals surface area (Å²) in [5.41, 5.74) is 5.44. The van der Waals surface area contributed by atoms with Crippen molar-refractivity contribution in [3.8, 4) is 0 Å². The van der Waals surface area contributed by atoms with Gasteiger partial charge >= 0.3 is 0 Å². The number of hydrogen-bond acceptors (Lipinski definition) is 3. The van der Waals surface area contributed by atoms with Crippen molar-refractivity contribution in [2.75, 3.05) is 13.2 Å². The van der Waals surface area contributed by atoms with Crippen LogP contribution in [-0.4, -0.2) is 30.5 Å². The van der Waals surface area contributed by atoms with Crippen LogP contribution in [0.4, 0.5) is 0 Å². The Bertz CT molecular complexity index is 68.8. The molecule has 2 atom stereocenters. The highest BCUT2D eigenvalue weighted by Gasteiger charge is 2.16. The van der Waals surface area contributed by atoms with Crippen molar-refractivity contribution in [2.45, 2.75) is 18.6 Å². The number of ether oxygens (including phenoxy) is 1. The first-order valence-corrected chi connectivity index (χ1v) is 2.80. The van der Waals surface area contributed by atoms with E-state index in [-0.39, 0.29) is 12.1 Å². The van der Waals surface area contributed by atoms with E-state index in [1.54, 1.807) is 0 Å². The van der Waals surface area contributed by atoms with Crippen LogP contribution in [0.2, 0.25) is 0 Å². The fourth-order valence-corrected chi connectivity index (χ4v) is 0.841. The van der Waals surface area contributed by atoms with Crippen LogP contribution in [0, 0.1) is 0 Å². The van der Waals surface area contributed by atoms with E-state index in [0.29, 0.717) is 19.6 Å². The molecule has 3 nitrogen and oxygen atoms in total. The summed E-state index contributed by atoms with van der Waals surface area (Å²) >= 11 is 0. The minimum Gasteiger partial charge on any atom is -0.391 e. The molecule has 0 aromatic heterocycles. The van der Waals surface area contributed by atoms with Gasteiger partial charge in [-0.25, -0.2) is 0 Å². The third-order valence-corrected chi connectivity index (χ3v) is 1.22. The van der Waals surface area contributed by atoms with Crippen LogP contribution in [0.25, 0.3) is 0 Å². The van der Waals surface area contributed by atoms with E-state index in [1.807, 2.05) is 0 Å². The topological polar surface area (TPSA) is 55.5 Å². The molecule has 0 aliphatic carbocycles. The fraction of sp³-hybridized carbons (Fsp3) is 1.00. The lowest BCUT2D eigenvalue weighted by Gasteiger charge is -2.22. The predicted octanol–water partition coefficient (Wildman–Crippen LogP) is -0.905. The van der Waals surface area contributed by atoms with Crippen molar-refractivity contribution in [3.05, 3.63) is 0 Å². The quantitative estimate of drug-likeness (QED) is 0.432. The Morgan fingerprint density at radius 1 is 1.50 bits per heavy atom. The second-order valence-corrected chi connectivity index (χ2v) is 2.19. The van der Waals surface area contributed by atoms with Gasteiger partial charge in [0.15, 0.2) is 0 Å². The van der Waals surface area contributed by atoms with Crippen molar-refractivity contribution in [2.24, 2.45) is 5.73 Å². The lowest BCUT2D eigenvalue weighted by Crippen LogP contribution is -2.38. The van der Waals surface area contributed by atoms with E-state index >= 15 is 0 Å². The van der Waals surface area contributed by atoms with Gasteiger partial charge in [-0.2, -0.15) is 0 Å². The first-order valence-electron chi connectivity index (χ1n) is 2.80. The van der Waals surface area contributed by atoms with Crippen molar-refractivity contribution >= 4 is 0 Å². The SMILES string of the molecule is N[C@H]1COC[C@H](O)C1. The van der Waals surface area contributed by atoms with Gasteiger partial charge < -0.3 is 15.6 Å². The number of aliphatic hydroxyl groups excluding tert-OH is 1. The number of nitrogens with two attached hydrogens (primary N) is 1. The smallest absolute Gasteiger partial charge is 0.0789 e. The average Bonchev–Trinajstić information content (AvgIpc) is 1.64. The summed E-state index contributed by atoms with van der Waals surface area (Å²) in [5.74, 6) is 0. The Labute approximate surface area is 48.4 Å². The molecule has 8 heavy (non-hydrogen) atoms. The molecule has 1 aliphatic rings. The van der Waals surface area contributed by atoms with Gasteiger partial charge in [-0.3, -0.25) is 0 Å². The lowest BCUT2D eigenvalue weighted by molar-refractivity contribution is -0.0154. The summed E-state index contributed by atoms with van der Waals surface area (Å²) in [4.78, 5) is 0. The fourth-order valence-electron chi connectivity index (χ4n) is 0.841. The van der Waals surface area contributed by atoms with Gasteiger partial charge in [0.05, 0.1) is 19.3 Å². The molecule has 1 aliphatic heterocycles.